The third-order valence-electron chi connectivity index (χ3n) is 28.5. The molecule has 16 rings (SSSR count). The van der Waals surface area contributed by atoms with E-state index in [0.717, 1.165) is 138 Å². The molecule has 19 heteroatoms. The minimum Gasteiger partial charge on any atom is -0.300 e. The van der Waals surface area contributed by atoms with Gasteiger partial charge in [-0.2, -0.15) is 0 Å². The maximum atomic E-state index is 13.5. The van der Waals surface area contributed by atoms with Gasteiger partial charge in [0.15, 0.2) is 0 Å². The van der Waals surface area contributed by atoms with E-state index in [2.05, 4.69) is 325 Å². The van der Waals surface area contributed by atoms with Crippen LogP contribution in [-0.2, 0) is 52.1 Å². The first-order valence-corrected chi connectivity index (χ1v) is 52.3. The third-order valence-corrected chi connectivity index (χ3v) is 29.0. The summed E-state index contributed by atoms with van der Waals surface area (Å²) in [5.74, 6) is 2.37. The third kappa shape index (κ3) is 42.7. The molecule has 0 aromatic heterocycles. The van der Waals surface area contributed by atoms with E-state index in [0.29, 0.717) is 48.4 Å². The van der Waals surface area contributed by atoms with Crippen LogP contribution < -0.4 is 0 Å². The standard InChI is InChI=1S/C15H23ClN2.C15H24N2.C15H23N.C14H21ClN2.C14H20F2N2.C14H21FN2.C14H22N2.C14H21N/c1-13(2)18-11-9-17(10-12-18)8-7-14-3-5-15(16)6-4-14;1-14(2)17-12-10-16(11-13-17)9-8-15-6-4-3-5-7-15;1-13(2)15-9-6-10-16(12-15)11-14-7-4-3-5-8-14;1-12(2)17-9-7-16(8-10-17)11-13-3-5-14(15)6-4-13;1-11(2)18-7-5-17(6-8-18)10-12-3-4-13(15)9-14(12)16;1-12(2)17-9-7-16(8-10-17)11-13-3-5-14(15)6-4-13;1-13(2)16-10-8-15(9-11-16)12-14-6-4-3-5-7-14;1-12(2)14-8-9-15(11-14)10-13-6-4-3-5-7-13/h3-6,13H,7-12H2,1-2H3;3-7,14H,8-13H2,1-2H3;3-5,7-8,13,15H,6,9-12H2,1-2H3;3-6,12H,7-11H2,1-2H3;3-4,9,11H,5-8,10H2,1-2H3;3-6,12H,7-11H2,1-2H3;3-7,13H,8-12H2,1-2H3;3-7,12,14H,8-11H2,1-2H3. The predicted molar refractivity (Wildman–Crippen MR) is 564 cm³/mol. The minimum atomic E-state index is -0.513. The van der Waals surface area contributed by atoms with Crippen molar-refractivity contribution in [1.29, 1.82) is 0 Å². The molecule has 14 nitrogen and oxygen atoms in total. The lowest BCUT2D eigenvalue weighted by molar-refractivity contribution is 0.103. The molecule has 0 amide bonds. The van der Waals surface area contributed by atoms with E-state index < -0.39 is 11.6 Å². The van der Waals surface area contributed by atoms with E-state index in [1.54, 1.807) is 18.2 Å². The van der Waals surface area contributed by atoms with Crippen LogP contribution in [0.3, 0.4) is 0 Å². The van der Waals surface area contributed by atoms with Gasteiger partial charge in [0.25, 0.3) is 0 Å². The van der Waals surface area contributed by atoms with E-state index in [-0.39, 0.29) is 5.82 Å². The quantitative estimate of drug-likeness (QED) is 0.0517. The van der Waals surface area contributed by atoms with Gasteiger partial charge in [0, 0.05) is 280 Å². The molecule has 0 saturated carbocycles. The van der Waals surface area contributed by atoms with Crippen LogP contribution in [-0.4, -0.2) is 301 Å². The maximum absolute atomic E-state index is 13.5. The fourth-order valence-corrected chi connectivity index (χ4v) is 19.3. The van der Waals surface area contributed by atoms with Gasteiger partial charge in [-0.15, -0.1) is 0 Å². The molecule has 0 bridgehead atoms. The van der Waals surface area contributed by atoms with Crippen LogP contribution >= 0.6 is 23.2 Å². The first-order valence-electron chi connectivity index (χ1n) is 51.6. The van der Waals surface area contributed by atoms with Crippen LogP contribution in [0.1, 0.15) is 175 Å². The lowest BCUT2D eigenvalue weighted by Crippen LogP contribution is -2.49. The van der Waals surface area contributed by atoms with Crippen LogP contribution in [0, 0.1) is 41.1 Å². The van der Waals surface area contributed by atoms with Gasteiger partial charge in [-0.1, -0.05) is 215 Å². The average molecular weight is 1880 g/mol. The monoisotopic (exact) mass is 1880 g/mol. The number of likely N-dealkylation sites (tertiary alicyclic amines) is 2. The van der Waals surface area contributed by atoms with Crippen molar-refractivity contribution in [1.82, 2.24) is 68.6 Å². The van der Waals surface area contributed by atoms with Gasteiger partial charge in [-0.05, 0) is 233 Å². The number of benzene rings is 8. The number of rotatable bonds is 26. The summed E-state index contributed by atoms with van der Waals surface area (Å²) in [6.07, 6.45) is 6.48. The Hall–Kier alpha value is -6.43. The summed E-state index contributed by atoms with van der Waals surface area (Å²) in [4.78, 5) is 35.2. The topological polar surface area (TPSA) is 45.4 Å². The van der Waals surface area contributed by atoms with Crippen molar-refractivity contribution in [2.24, 2.45) is 23.7 Å². The summed E-state index contributed by atoms with van der Waals surface area (Å²) >= 11 is 11.8. The first kappa shape index (κ1) is 111. The van der Waals surface area contributed by atoms with Crippen molar-refractivity contribution in [3.05, 3.63) is 284 Å². The molecule has 8 saturated heterocycles. The van der Waals surface area contributed by atoms with E-state index in [1.807, 2.05) is 36.4 Å². The van der Waals surface area contributed by atoms with Crippen LogP contribution in [0.15, 0.2) is 212 Å². The molecule has 0 radical (unpaired) electrons. The number of hydrogen-bond donors (Lipinski definition) is 0. The Bertz CT molecular complexity index is 4250. The molecule has 2 unspecified atom stereocenters. The fraction of sp³-hybridized carbons (Fsp3) is 0.583. The second-order valence-corrected chi connectivity index (χ2v) is 41.9. The zero-order valence-electron chi connectivity index (χ0n) is 85.6. The van der Waals surface area contributed by atoms with Gasteiger partial charge < -0.3 is 9.80 Å². The molecule has 8 heterocycles. The summed E-state index contributed by atoms with van der Waals surface area (Å²) in [6, 6.07) is 74.2. The smallest absolute Gasteiger partial charge is 0.130 e. The number of piperazine rings is 6. The zero-order valence-corrected chi connectivity index (χ0v) is 87.1. The number of nitrogens with zero attached hydrogens (tertiary/aromatic N) is 14. The van der Waals surface area contributed by atoms with Crippen molar-refractivity contribution in [3.63, 3.8) is 0 Å². The molecule has 0 spiro atoms. The van der Waals surface area contributed by atoms with Crippen molar-refractivity contribution in [2.75, 3.05) is 196 Å². The molecule has 0 N–H and O–H groups in total. The van der Waals surface area contributed by atoms with Crippen molar-refractivity contribution >= 4 is 23.2 Å². The zero-order chi connectivity index (χ0) is 96.1. The summed E-state index contributed by atoms with van der Waals surface area (Å²) in [6.45, 7) is 77.6. The van der Waals surface area contributed by atoms with E-state index >= 15 is 0 Å². The SMILES string of the molecule is CC(C)C1CCCN(Cc2ccccc2)C1.CC(C)C1CCN(Cc2ccccc2)C1.CC(C)N1CCN(CCc2ccc(Cl)cc2)CC1.CC(C)N1CCN(CCc2ccccc2)CC1.CC(C)N1CCN(Cc2ccc(Cl)cc2)CC1.CC(C)N1CCN(Cc2ccc(F)cc2)CC1.CC(C)N1CCN(Cc2ccc(F)cc2F)CC1.CC(C)N1CCN(Cc2ccccc2)CC1. The van der Waals surface area contributed by atoms with E-state index in [9.17, 15) is 13.2 Å². The van der Waals surface area contributed by atoms with Crippen LogP contribution in [0.4, 0.5) is 13.2 Å². The Balaban J connectivity index is 0.000000172. The Labute approximate surface area is 822 Å². The van der Waals surface area contributed by atoms with Gasteiger partial charge in [-0.25, -0.2) is 13.2 Å². The predicted octanol–water partition coefficient (Wildman–Crippen LogP) is 21.8. The van der Waals surface area contributed by atoms with Crippen LogP contribution in [0.2, 0.25) is 10.0 Å². The average Bonchev–Trinajstić information content (AvgIpc) is 1.86. The van der Waals surface area contributed by atoms with Gasteiger partial charge in [0.2, 0.25) is 0 Å². The molecule has 8 aliphatic rings. The Morgan fingerprint density at radius 3 is 0.806 bits per heavy atom. The molecular weight excluding hydrogens is 1710 g/mol. The summed E-state index contributed by atoms with van der Waals surface area (Å²) in [5, 5.41) is 1.64. The molecule has 8 fully saturated rings. The van der Waals surface area contributed by atoms with Gasteiger partial charge in [0.1, 0.15) is 17.5 Å². The van der Waals surface area contributed by atoms with Gasteiger partial charge in [-0.3, -0.25) is 58.8 Å². The Morgan fingerprint density at radius 1 is 0.246 bits per heavy atom. The summed E-state index contributed by atoms with van der Waals surface area (Å²) in [7, 11) is 0. The number of hydrogen-bond acceptors (Lipinski definition) is 14. The van der Waals surface area contributed by atoms with Crippen LogP contribution in [0.5, 0.6) is 0 Å². The summed E-state index contributed by atoms with van der Waals surface area (Å²) in [5.41, 5.74) is 10.3. The Morgan fingerprint density at radius 2 is 0.500 bits per heavy atom. The Kier molecular flexibility index (Phi) is 50.8. The summed E-state index contributed by atoms with van der Waals surface area (Å²) < 4.78 is 39.1. The molecular formula is C115H175Cl2F3N14. The van der Waals surface area contributed by atoms with Crippen molar-refractivity contribution in [2.45, 2.75) is 218 Å². The minimum absolute atomic E-state index is 0.154. The molecule has 740 valence electrons. The molecule has 8 aromatic rings. The highest BCUT2D eigenvalue weighted by Crippen LogP contribution is 2.28. The number of piperidine rings is 1. The van der Waals surface area contributed by atoms with Gasteiger partial charge in [0.05, 0.1) is 0 Å². The van der Waals surface area contributed by atoms with E-state index in [4.69, 9.17) is 23.2 Å². The van der Waals surface area contributed by atoms with Gasteiger partial charge >= 0.3 is 0 Å². The first-order chi connectivity index (χ1) is 64.5. The highest BCUT2D eigenvalue weighted by Gasteiger charge is 2.28. The lowest BCUT2D eigenvalue weighted by Gasteiger charge is -2.36. The molecule has 2 atom stereocenters. The van der Waals surface area contributed by atoms with E-state index in [1.165, 1.54) is 208 Å². The van der Waals surface area contributed by atoms with Crippen molar-refractivity contribution < 1.29 is 13.2 Å². The fourth-order valence-electron chi connectivity index (χ4n) is 19.1. The molecule has 0 aliphatic carbocycles. The highest BCUT2D eigenvalue weighted by atomic mass is 35.5. The highest BCUT2D eigenvalue weighted by molar-refractivity contribution is 6.30. The number of halogens is 5. The molecule has 8 aliphatic heterocycles. The molecule has 134 heavy (non-hydrogen) atoms. The van der Waals surface area contributed by atoms with Crippen molar-refractivity contribution in [3.8, 4) is 0 Å². The lowest BCUT2D eigenvalue weighted by atomic mass is 9.88. The second kappa shape index (κ2) is 61.2. The second-order valence-electron chi connectivity index (χ2n) is 41.0. The van der Waals surface area contributed by atoms with Crippen LogP contribution in [0.25, 0.3) is 0 Å². The largest absolute Gasteiger partial charge is 0.300 e. The normalized spacial score (nSPS) is 19.6. The maximum Gasteiger partial charge on any atom is 0.130 e. The molecule has 8 aromatic carbocycles.